The number of carbonyl (C=O) groups is 2. The van der Waals surface area contributed by atoms with Gasteiger partial charge in [-0.3, -0.25) is 4.79 Å². The highest BCUT2D eigenvalue weighted by molar-refractivity contribution is 5.87. The molecule has 2 fully saturated rings. The molecule has 1 heterocycles. The van der Waals surface area contributed by atoms with Crippen LogP contribution in [0.3, 0.4) is 0 Å². The molecule has 1 aromatic rings. The molecule has 0 spiro atoms. The van der Waals surface area contributed by atoms with Crippen molar-refractivity contribution in [2.24, 2.45) is 5.73 Å². The molecule has 1 saturated carbocycles. The maximum Gasteiger partial charge on any atom is 0.315 e. The highest BCUT2D eigenvalue weighted by Gasteiger charge is 2.38. The maximum absolute atomic E-state index is 13.2. The zero-order valence-corrected chi connectivity index (χ0v) is 13.8. The van der Waals surface area contributed by atoms with E-state index < -0.39 is 12.1 Å². The Hall–Kier alpha value is -2.11. The third kappa shape index (κ3) is 3.23. The molecule has 3 N–H and O–H groups in total. The van der Waals surface area contributed by atoms with E-state index in [1.807, 2.05) is 12.1 Å². The van der Waals surface area contributed by atoms with Crippen molar-refractivity contribution in [3.8, 4) is 0 Å². The lowest BCUT2D eigenvalue weighted by Gasteiger charge is -2.31. The normalized spacial score (nSPS) is 22.5. The number of benzene rings is 1. The summed E-state index contributed by atoms with van der Waals surface area (Å²) in [5.41, 5.74) is 6.28. The number of nitrogens with two attached hydrogens (primary N) is 1. The molecule has 130 valence electrons. The molecule has 1 aromatic carbocycles. The predicted molar refractivity (Wildman–Crippen MR) is 88.9 cm³/mol. The van der Waals surface area contributed by atoms with E-state index in [-0.39, 0.29) is 17.1 Å². The Morgan fingerprint density at radius 2 is 1.88 bits per heavy atom. The molecular formula is C18H24FN3O2. The Labute approximate surface area is 141 Å². The average molecular weight is 333 g/mol. The van der Waals surface area contributed by atoms with Gasteiger partial charge in [0.05, 0.1) is 0 Å². The van der Waals surface area contributed by atoms with Gasteiger partial charge in [-0.05, 0) is 43.4 Å². The average Bonchev–Trinajstić information content (AvgIpc) is 3.23. The van der Waals surface area contributed by atoms with Crippen LogP contribution >= 0.6 is 0 Å². The first kappa shape index (κ1) is 16.7. The Morgan fingerprint density at radius 1 is 1.21 bits per heavy atom. The van der Waals surface area contributed by atoms with Gasteiger partial charge < -0.3 is 16.0 Å². The summed E-state index contributed by atoms with van der Waals surface area (Å²) in [4.78, 5) is 25.4. The summed E-state index contributed by atoms with van der Waals surface area (Å²) in [5.74, 6) is -0.390. The van der Waals surface area contributed by atoms with Gasteiger partial charge in [0.1, 0.15) is 11.9 Å². The first-order chi connectivity index (χ1) is 11.5. The van der Waals surface area contributed by atoms with Crippen LogP contribution in [-0.4, -0.2) is 36.0 Å². The zero-order valence-electron chi connectivity index (χ0n) is 13.8. The van der Waals surface area contributed by atoms with Gasteiger partial charge in [-0.15, -0.1) is 0 Å². The molecule has 1 saturated heterocycles. The molecule has 3 rings (SSSR count). The summed E-state index contributed by atoms with van der Waals surface area (Å²) in [6.45, 7) is 1.05. The molecule has 1 atom stereocenters. The van der Waals surface area contributed by atoms with Crippen molar-refractivity contribution in [2.45, 2.75) is 50.0 Å². The van der Waals surface area contributed by atoms with E-state index in [1.165, 1.54) is 17.0 Å². The van der Waals surface area contributed by atoms with Crippen molar-refractivity contribution in [3.05, 3.63) is 35.6 Å². The summed E-state index contributed by atoms with van der Waals surface area (Å²) in [7, 11) is 0. The van der Waals surface area contributed by atoms with Gasteiger partial charge in [0.2, 0.25) is 5.91 Å². The van der Waals surface area contributed by atoms with Crippen molar-refractivity contribution in [3.63, 3.8) is 0 Å². The van der Waals surface area contributed by atoms with Gasteiger partial charge in [-0.25, -0.2) is 9.18 Å². The Morgan fingerprint density at radius 3 is 2.50 bits per heavy atom. The van der Waals surface area contributed by atoms with E-state index in [1.54, 1.807) is 0 Å². The van der Waals surface area contributed by atoms with Gasteiger partial charge in [-0.2, -0.15) is 0 Å². The molecule has 3 amide bonds. The van der Waals surface area contributed by atoms with Crippen molar-refractivity contribution in [1.29, 1.82) is 0 Å². The van der Waals surface area contributed by atoms with E-state index in [0.717, 1.165) is 37.7 Å². The fourth-order valence-corrected chi connectivity index (χ4v) is 4.10. The lowest BCUT2D eigenvalue weighted by molar-refractivity contribution is -0.124. The molecule has 1 aliphatic heterocycles. The molecule has 1 aliphatic carbocycles. The number of hydrogen-bond donors (Lipinski definition) is 2. The minimum Gasteiger partial charge on any atom is -0.353 e. The Bertz CT molecular complexity index is 611. The summed E-state index contributed by atoms with van der Waals surface area (Å²) >= 11 is 0. The largest absolute Gasteiger partial charge is 0.353 e. The molecule has 0 unspecified atom stereocenters. The van der Waals surface area contributed by atoms with Crippen LogP contribution in [0.4, 0.5) is 9.18 Å². The zero-order chi connectivity index (χ0) is 17.2. The number of primary amides is 1. The monoisotopic (exact) mass is 333 g/mol. The van der Waals surface area contributed by atoms with Crippen molar-refractivity contribution in [1.82, 2.24) is 10.2 Å². The lowest BCUT2D eigenvalue weighted by Crippen LogP contribution is -2.50. The van der Waals surface area contributed by atoms with Crippen molar-refractivity contribution in [2.75, 3.05) is 13.1 Å². The number of rotatable bonds is 4. The molecule has 24 heavy (non-hydrogen) atoms. The molecule has 0 bridgehead atoms. The van der Waals surface area contributed by atoms with Crippen LogP contribution < -0.4 is 11.1 Å². The first-order valence-corrected chi connectivity index (χ1v) is 8.62. The van der Waals surface area contributed by atoms with E-state index in [9.17, 15) is 14.0 Å². The molecule has 0 radical (unpaired) electrons. The van der Waals surface area contributed by atoms with Crippen LogP contribution in [0.1, 0.15) is 44.1 Å². The van der Waals surface area contributed by atoms with Gasteiger partial charge in [0.25, 0.3) is 0 Å². The molecule has 6 heteroatoms. The van der Waals surface area contributed by atoms with Crippen LogP contribution in [0.5, 0.6) is 0 Å². The number of hydrogen-bond acceptors (Lipinski definition) is 2. The first-order valence-electron chi connectivity index (χ1n) is 8.62. The number of likely N-dealkylation sites (tertiary alicyclic amines) is 1. The lowest BCUT2D eigenvalue weighted by atomic mass is 9.78. The number of amides is 3. The fourth-order valence-electron chi connectivity index (χ4n) is 4.10. The molecular weight excluding hydrogens is 309 g/mol. The Kier molecular flexibility index (Phi) is 4.73. The van der Waals surface area contributed by atoms with E-state index in [4.69, 9.17) is 5.73 Å². The maximum atomic E-state index is 13.2. The second-order valence-corrected chi connectivity index (χ2v) is 6.90. The Balaban J connectivity index is 1.69. The fraction of sp³-hybridized carbons (Fsp3) is 0.556. The minimum absolute atomic E-state index is 0.139. The summed E-state index contributed by atoms with van der Waals surface area (Å²) in [6, 6.07) is 5.58. The standard InChI is InChI=1S/C18H24FN3O2/c19-14-7-5-13(6-8-14)18(9-1-2-10-18)12-21-16(23)15-4-3-11-22(15)17(20)24/h5-8,15H,1-4,9-12H2,(H2,20,24)(H,21,23)/t15-/m0/s1. The second-order valence-electron chi connectivity index (χ2n) is 6.90. The van der Waals surface area contributed by atoms with Gasteiger partial charge in [-0.1, -0.05) is 25.0 Å². The third-order valence-electron chi connectivity index (χ3n) is 5.46. The van der Waals surface area contributed by atoms with Gasteiger partial charge >= 0.3 is 6.03 Å². The summed E-state index contributed by atoms with van der Waals surface area (Å²) in [6.07, 6.45) is 5.60. The van der Waals surface area contributed by atoms with E-state index in [2.05, 4.69) is 5.32 Å². The highest BCUT2D eigenvalue weighted by Crippen LogP contribution is 2.40. The van der Waals surface area contributed by atoms with E-state index >= 15 is 0 Å². The second kappa shape index (κ2) is 6.79. The number of nitrogens with one attached hydrogen (secondary N) is 1. The smallest absolute Gasteiger partial charge is 0.315 e. The summed E-state index contributed by atoms with van der Waals surface area (Å²) < 4.78 is 13.2. The van der Waals surface area contributed by atoms with Crippen LogP contribution in [0, 0.1) is 5.82 Å². The third-order valence-corrected chi connectivity index (χ3v) is 5.46. The molecule has 0 aromatic heterocycles. The number of nitrogens with zero attached hydrogens (tertiary/aromatic N) is 1. The number of urea groups is 1. The highest BCUT2D eigenvalue weighted by atomic mass is 19.1. The van der Waals surface area contributed by atoms with Crippen LogP contribution in [0.15, 0.2) is 24.3 Å². The minimum atomic E-state index is -0.540. The number of halogens is 1. The molecule has 2 aliphatic rings. The SMILES string of the molecule is NC(=O)N1CCC[C@H]1C(=O)NCC1(c2ccc(F)cc2)CCCC1. The topological polar surface area (TPSA) is 75.4 Å². The van der Waals surface area contributed by atoms with Gasteiger partial charge in [0, 0.05) is 18.5 Å². The van der Waals surface area contributed by atoms with Crippen LogP contribution in [-0.2, 0) is 10.2 Å². The van der Waals surface area contributed by atoms with Gasteiger partial charge in [0.15, 0.2) is 0 Å². The predicted octanol–water partition coefficient (Wildman–Crippen LogP) is 2.30. The molecule has 5 nitrogen and oxygen atoms in total. The van der Waals surface area contributed by atoms with Crippen LogP contribution in [0.25, 0.3) is 0 Å². The summed E-state index contributed by atoms with van der Waals surface area (Å²) in [5, 5.41) is 3.02. The van der Waals surface area contributed by atoms with E-state index in [0.29, 0.717) is 19.5 Å². The van der Waals surface area contributed by atoms with Crippen molar-refractivity contribution < 1.29 is 14.0 Å². The quantitative estimate of drug-likeness (QED) is 0.887. The van der Waals surface area contributed by atoms with Crippen molar-refractivity contribution >= 4 is 11.9 Å². The van der Waals surface area contributed by atoms with Crippen LogP contribution in [0.2, 0.25) is 0 Å². The number of carbonyl (C=O) groups excluding carboxylic acids is 2.